The topological polar surface area (TPSA) is 49.4 Å². The second kappa shape index (κ2) is 5.35. The van der Waals surface area contributed by atoms with Gasteiger partial charge in [0.1, 0.15) is 0 Å². The highest BCUT2D eigenvalue weighted by Crippen LogP contribution is 2.10. The van der Waals surface area contributed by atoms with Gasteiger partial charge in [-0.05, 0) is 19.8 Å². The fraction of sp³-hybridized carbons (Fsp3) is 0.778. The third-order valence-electron chi connectivity index (χ3n) is 2.12. The van der Waals surface area contributed by atoms with Crippen molar-refractivity contribution < 1.29 is 8.42 Å². The number of hydrogen-bond donors (Lipinski definition) is 1. The SMILES string of the molecule is CC#CCCNS(=O)(=O)N1CCCC1. The van der Waals surface area contributed by atoms with Crippen LogP contribution in [0.5, 0.6) is 0 Å². The van der Waals surface area contributed by atoms with Gasteiger partial charge in [-0.15, -0.1) is 11.8 Å². The van der Waals surface area contributed by atoms with Gasteiger partial charge in [0.25, 0.3) is 10.2 Å². The summed E-state index contributed by atoms with van der Waals surface area (Å²) in [5.74, 6) is 5.54. The lowest BCUT2D eigenvalue weighted by Gasteiger charge is -2.15. The van der Waals surface area contributed by atoms with E-state index in [1.54, 1.807) is 6.92 Å². The highest BCUT2D eigenvalue weighted by molar-refractivity contribution is 7.87. The van der Waals surface area contributed by atoms with Crippen LogP contribution in [-0.4, -0.2) is 32.4 Å². The van der Waals surface area contributed by atoms with Crippen molar-refractivity contribution in [1.29, 1.82) is 0 Å². The molecular weight excluding hydrogens is 200 g/mol. The Labute approximate surface area is 85.9 Å². The molecule has 14 heavy (non-hydrogen) atoms. The van der Waals surface area contributed by atoms with Crippen molar-refractivity contribution in [2.45, 2.75) is 26.2 Å². The second-order valence-electron chi connectivity index (χ2n) is 3.18. The molecule has 1 rings (SSSR count). The average molecular weight is 216 g/mol. The van der Waals surface area contributed by atoms with Crippen LogP contribution in [0, 0.1) is 11.8 Å². The summed E-state index contributed by atoms with van der Waals surface area (Å²) in [6.45, 7) is 3.44. The first-order valence-electron chi connectivity index (χ1n) is 4.81. The summed E-state index contributed by atoms with van der Waals surface area (Å²) in [5.41, 5.74) is 0. The van der Waals surface area contributed by atoms with E-state index < -0.39 is 10.2 Å². The molecule has 1 N–H and O–H groups in total. The van der Waals surface area contributed by atoms with Gasteiger partial charge in [0, 0.05) is 26.1 Å². The molecule has 0 aliphatic carbocycles. The Morgan fingerprint density at radius 3 is 2.57 bits per heavy atom. The summed E-state index contributed by atoms with van der Waals surface area (Å²) < 4.78 is 27.1. The Morgan fingerprint density at radius 2 is 2.00 bits per heavy atom. The first-order chi connectivity index (χ1) is 6.67. The number of nitrogens with one attached hydrogen (secondary N) is 1. The molecule has 1 fully saturated rings. The van der Waals surface area contributed by atoms with Crippen LogP contribution in [0.4, 0.5) is 0 Å². The largest absolute Gasteiger partial charge is 0.279 e. The minimum Gasteiger partial charge on any atom is -0.201 e. The van der Waals surface area contributed by atoms with Crippen molar-refractivity contribution in [3.8, 4) is 11.8 Å². The predicted octanol–water partition coefficient (Wildman–Crippen LogP) is 0.330. The molecule has 1 aliphatic rings. The van der Waals surface area contributed by atoms with Gasteiger partial charge in [-0.1, -0.05) is 0 Å². The van der Waals surface area contributed by atoms with E-state index in [1.165, 1.54) is 4.31 Å². The van der Waals surface area contributed by atoms with Gasteiger partial charge in [-0.2, -0.15) is 12.7 Å². The number of hydrogen-bond acceptors (Lipinski definition) is 2. The van der Waals surface area contributed by atoms with E-state index in [0.717, 1.165) is 12.8 Å². The molecular formula is C9H16N2O2S. The molecule has 0 aromatic carbocycles. The van der Waals surface area contributed by atoms with Crippen molar-refractivity contribution in [3.63, 3.8) is 0 Å². The summed E-state index contributed by atoms with van der Waals surface area (Å²) in [4.78, 5) is 0. The van der Waals surface area contributed by atoms with Gasteiger partial charge in [0.05, 0.1) is 0 Å². The Kier molecular flexibility index (Phi) is 4.39. The lowest BCUT2D eigenvalue weighted by molar-refractivity contribution is 0.466. The highest BCUT2D eigenvalue weighted by Gasteiger charge is 2.23. The predicted molar refractivity (Wildman–Crippen MR) is 55.8 cm³/mol. The summed E-state index contributed by atoms with van der Waals surface area (Å²) >= 11 is 0. The third kappa shape index (κ3) is 3.29. The monoisotopic (exact) mass is 216 g/mol. The van der Waals surface area contributed by atoms with E-state index in [1.807, 2.05) is 0 Å². The van der Waals surface area contributed by atoms with Gasteiger partial charge < -0.3 is 0 Å². The molecule has 0 spiro atoms. The average Bonchev–Trinajstić information content (AvgIpc) is 2.65. The Hall–Kier alpha value is -0.570. The van der Waals surface area contributed by atoms with Crippen LogP contribution in [-0.2, 0) is 10.2 Å². The Bertz CT molecular complexity index is 320. The Morgan fingerprint density at radius 1 is 1.36 bits per heavy atom. The van der Waals surface area contributed by atoms with E-state index in [4.69, 9.17) is 0 Å². The van der Waals surface area contributed by atoms with Crippen LogP contribution in [0.15, 0.2) is 0 Å². The quantitative estimate of drug-likeness (QED) is 0.544. The second-order valence-corrected chi connectivity index (χ2v) is 4.94. The first kappa shape index (κ1) is 11.5. The molecule has 0 atom stereocenters. The summed E-state index contributed by atoms with van der Waals surface area (Å²) in [6.07, 6.45) is 2.51. The van der Waals surface area contributed by atoms with Crippen molar-refractivity contribution >= 4 is 10.2 Å². The molecule has 0 bridgehead atoms. The van der Waals surface area contributed by atoms with Crippen LogP contribution in [0.1, 0.15) is 26.2 Å². The van der Waals surface area contributed by atoms with E-state index in [0.29, 0.717) is 26.1 Å². The zero-order chi connectivity index (χ0) is 10.4. The zero-order valence-corrected chi connectivity index (χ0v) is 9.23. The molecule has 1 saturated heterocycles. The molecule has 5 heteroatoms. The van der Waals surface area contributed by atoms with Crippen molar-refractivity contribution in [2.75, 3.05) is 19.6 Å². The minimum atomic E-state index is -3.22. The zero-order valence-electron chi connectivity index (χ0n) is 8.41. The van der Waals surface area contributed by atoms with Crippen molar-refractivity contribution in [2.24, 2.45) is 0 Å². The molecule has 1 aliphatic heterocycles. The third-order valence-corrected chi connectivity index (χ3v) is 3.73. The maximum atomic E-state index is 11.6. The first-order valence-corrected chi connectivity index (χ1v) is 6.25. The Balaban J connectivity index is 2.36. The number of rotatable bonds is 4. The maximum Gasteiger partial charge on any atom is 0.279 e. The fourth-order valence-electron chi connectivity index (χ4n) is 1.39. The van der Waals surface area contributed by atoms with Crippen LogP contribution in [0.25, 0.3) is 0 Å². The normalized spacial score (nSPS) is 17.8. The van der Waals surface area contributed by atoms with Crippen LogP contribution >= 0.6 is 0 Å². The van der Waals surface area contributed by atoms with E-state index in [-0.39, 0.29) is 0 Å². The molecule has 1 heterocycles. The molecule has 80 valence electrons. The standard InChI is InChI=1S/C9H16N2O2S/c1-2-3-4-7-10-14(12,13)11-8-5-6-9-11/h10H,4-9H2,1H3. The fourth-order valence-corrected chi connectivity index (χ4v) is 2.67. The van der Waals surface area contributed by atoms with Crippen LogP contribution in [0.2, 0.25) is 0 Å². The van der Waals surface area contributed by atoms with Gasteiger partial charge in [0.2, 0.25) is 0 Å². The van der Waals surface area contributed by atoms with Gasteiger partial charge in [-0.25, -0.2) is 4.72 Å². The summed E-state index contributed by atoms with van der Waals surface area (Å²) in [6, 6.07) is 0. The molecule has 0 aromatic heterocycles. The van der Waals surface area contributed by atoms with E-state index in [2.05, 4.69) is 16.6 Å². The van der Waals surface area contributed by atoms with Crippen LogP contribution in [0.3, 0.4) is 0 Å². The summed E-state index contributed by atoms with van der Waals surface area (Å²) in [5, 5.41) is 0. The minimum absolute atomic E-state index is 0.402. The van der Waals surface area contributed by atoms with Gasteiger partial charge in [0.15, 0.2) is 0 Å². The smallest absolute Gasteiger partial charge is 0.201 e. The van der Waals surface area contributed by atoms with Crippen LogP contribution < -0.4 is 4.72 Å². The molecule has 0 aromatic rings. The van der Waals surface area contributed by atoms with E-state index >= 15 is 0 Å². The maximum absolute atomic E-state index is 11.6. The molecule has 0 saturated carbocycles. The number of nitrogens with zero attached hydrogens (tertiary/aromatic N) is 1. The molecule has 0 unspecified atom stereocenters. The molecule has 4 nitrogen and oxygen atoms in total. The lowest BCUT2D eigenvalue weighted by Crippen LogP contribution is -2.39. The van der Waals surface area contributed by atoms with Gasteiger partial charge >= 0.3 is 0 Å². The molecule has 0 radical (unpaired) electrons. The highest BCUT2D eigenvalue weighted by atomic mass is 32.2. The van der Waals surface area contributed by atoms with Gasteiger partial charge in [-0.3, -0.25) is 0 Å². The lowest BCUT2D eigenvalue weighted by atomic mass is 10.4. The van der Waals surface area contributed by atoms with E-state index in [9.17, 15) is 8.42 Å². The molecule has 0 amide bonds. The van der Waals surface area contributed by atoms with Crippen molar-refractivity contribution in [3.05, 3.63) is 0 Å². The van der Waals surface area contributed by atoms with Crippen molar-refractivity contribution in [1.82, 2.24) is 9.03 Å². The summed E-state index contributed by atoms with van der Waals surface area (Å²) in [7, 11) is -3.22.